The smallest absolute Gasteiger partial charge is 0.264 e. The van der Waals surface area contributed by atoms with Crippen LogP contribution in [0, 0.1) is 0 Å². The molecule has 4 rings (SSSR count). The summed E-state index contributed by atoms with van der Waals surface area (Å²) in [6.45, 7) is 2.02. The third kappa shape index (κ3) is 3.09. The van der Waals surface area contributed by atoms with Crippen molar-refractivity contribution in [3.05, 3.63) is 59.7 Å². The highest BCUT2D eigenvalue weighted by atomic mass is 32.2. The summed E-state index contributed by atoms with van der Waals surface area (Å²) in [4.78, 5) is 13.9. The molecule has 136 valence electrons. The third-order valence-electron chi connectivity index (χ3n) is 5.20. The molecule has 2 aromatic carbocycles. The quantitative estimate of drug-likeness (QED) is 0.813. The minimum atomic E-state index is -3.54. The molecule has 1 amide bonds. The monoisotopic (exact) mass is 370 g/mol. The van der Waals surface area contributed by atoms with Crippen LogP contribution in [0.3, 0.4) is 0 Å². The number of benzene rings is 2. The van der Waals surface area contributed by atoms with Gasteiger partial charge in [-0.15, -0.1) is 0 Å². The molecular formula is C20H22N2O3S. The molecule has 6 heteroatoms. The molecule has 0 bridgehead atoms. The van der Waals surface area contributed by atoms with Gasteiger partial charge in [-0.2, -0.15) is 0 Å². The highest BCUT2D eigenvalue weighted by Gasteiger charge is 2.30. The van der Waals surface area contributed by atoms with E-state index >= 15 is 0 Å². The van der Waals surface area contributed by atoms with Gasteiger partial charge < -0.3 is 4.90 Å². The van der Waals surface area contributed by atoms with E-state index in [0.29, 0.717) is 24.4 Å². The third-order valence-corrected chi connectivity index (χ3v) is 7.03. The molecule has 2 aliphatic rings. The number of sulfonamides is 1. The van der Waals surface area contributed by atoms with E-state index in [1.807, 2.05) is 41.3 Å². The fourth-order valence-corrected chi connectivity index (χ4v) is 5.22. The number of para-hydroxylation sites is 1. The summed E-state index contributed by atoms with van der Waals surface area (Å²) < 4.78 is 27.5. The van der Waals surface area contributed by atoms with Gasteiger partial charge in [0.1, 0.15) is 0 Å². The zero-order chi connectivity index (χ0) is 18.1. The average Bonchev–Trinajstić information content (AvgIpc) is 3.26. The second kappa shape index (κ2) is 6.76. The Labute approximate surface area is 154 Å². The number of hydrogen-bond acceptors (Lipinski definition) is 3. The molecule has 2 aliphatic heterocycles. The number of likely N-dealkylation sites (tertiary alicyclic amines) is 1. The Balaban J connectivity index is 1.49. The molecule has 2 aromatic rings. The molecule has 0 spiro atoms. The Morgan fingerprint density at radius 3 is 2.42 bits per heavy atom. The lowest BCUT2D eigenvalue weighted by atomic mass is 10.1. The zero-order valence-electron chi connectivity index (χ0n) is 14.6. The van der Waals surface area contributed by atoms with Crippen LogP contribution in [0.1, 0.15) is 24.0 Å². The number of fused-ring (bicyclic) bond motifs is 1. The van der Waals surface area contributed by atoms with E-state index in [0.717, 1.165) is 42.6 Å². The summed E-state index contributed by atoms with van der Waals surface area (Å²) in [6.07, 6.45) is 3.08. The van der Waals surface area contributed by atoms with Crippen molar-refractivity contribution in [1.82, 2.24) is 4.90 Å². The van der Waals surface area contributed by atoms with E-state index in [2.05, 4.69) is 0 Å². The van der Waals surface area contributed by atoms with Crippen LogP contribution in [0.5, 0.6) is 0 Å². The summed E-state index contributed by atoms with van der Waals surface area (Å²) in [5.74, 6) is 0.219. The highest BCUT2D eigenvalue weighted by molar-refractivity contribution is 7.92. The lowest BCUT2D eigenvalue weighted by Gasteiger charge is -2.20. The van der Waals surface area contributed by atoms with E-state index in [4.69, 9.17) is 0 Å². The predicted molar refractivity (Wildman–Crippen MR) is 101 cm³/mol. The first-order chi connectivity index (χ1) is 12.6. The molecule has 2 heterocycles. The molecule has 0 aromatic heterocycles. The normalized spacial score (nSPS) is 17.0. The van der Waals surface area contributed by atoms with Gasteiger partial charge in [0.15, 0.2) is 0 Å². The van der Waals surface area contributed by atoms with Crippen LogP contribution in [0.25, 0.3) is 0 Å². The van der Waals surface area contributed by atoms with E-state index in [1.165, 1.54) is 4.31 Å². The minimum absolute atomic E-state index is 0.219. The van der Waals surface area contributed by atoms with Crippen molar-refractivity contribution in [2.75, 3.05) is 23.9 Å². The van der Waals surface area contributed by atoms with Crippen molar-refractivity contribution in [3.63, 3.8) is 0 Å². The standard InChI is InChI=1S/C20H22N2O3S/c23-20-6-3-13-21(20)14-11-16-7-9-18(10-8-16)26(24,25)22-15-12-17-4-1-2-5-19(17)22/h1-2,4-5,7-10H,3,6,11-15H2. The molecule has 26 heavy (non-hydrogen) atoms. The van der Waals surface area contributed by atoms with Gasteiger partial charge in [0.2, 0.25) is 5.91 Å². The van der Waals surface area contributed by atoms with E-state index in [1.54, 1.807) is 12.1 Å². The first-order valence-electron chi connectivity index (χ1n) is 9.03. The fourth-order valence-electron chi connectivity index (χ4n) is 3.72. The Kier molecular flexibility index (Phi) is 4.44. The van der Waals surface area contributed by atoms with Crippen LogP contribution in [0.4, 0.5) is 5.69 Å². The van der Waals surface area contributed by atoms with Crippen molar-refractivity contribution >= 4 is 21.6 Å². The minimum Gasteiger partial charge on any atom is -0.342 e. The number of hydrogen-bond donors (Lipinski definition) is 0. The van der Waals surface area contributed by atoms with Gasteiger partial charge in [-0.1, -0.05) is 30.3 Å². The maximum Gasteiger partial charge on any atom is 0.264 e. The number of anilines is 1. The molecule has 0 radical (unpaired) electrons. The number of carbonyl (C=O) groups excluding carboxylic acids is 1. The topological polar surface area (TPSA) is 57.7 Å². The zero-order valence-corrected chi connectivity index (χ0v) is 15.4. The van der Waals surface area contributed by atoms with Gasteiger partial charge in [0.25, 0.3) is 10.0 Å². The molecule has 0 aliphatic carbocycles. The second-order valence-electron chi connectivity index (χ2n) is 6.83. The molecule has 1 fully saturated rings. The lowest BCUT2D eigenvalue weighted by Crippen LogP contribution is -2.29. The van der Waals surface area contributed by atoms with Crippen molar-refractivity contribution in [3.8, 4) is 0 Å². The summed E-state index contributed by atoms with van der Waals surface area (Å²) in [6, 6.07) is 14.7. The van der Waals surface area contributed by atoms with Gasteiger partial charge in [-0.25, -0.2) is 8.42 Å². The molecule has 0 atom stereocenters. The van der Waals surface area contributed by atoms with E-state index in [-0.39, 0.29) is 5.91 Å². The van der Waals surface area contributed by atoms with Crippen LogP contribution >= 0.6 is 0 Å². The molecule has 0 N–H and O–H groups in total. The van der Waals surface area contributed by atoms with Crippen LogP contribution in [0.2, 0.25) is 0 Å². The SMILES string of the molecule is O=C1CCCN1CCc1ccc(S(=O)(=O)N2CCc3ccccc32)cc1. The van der Waals surface area contributed by atoms with E-state index in [9.17, 15) is 13.2 Å². The largest absolute Gasteiger partial charge is 0.342 e. The van der Waals surface area contributed by atoms with Crippen LogP contribution in [-0.2, 0) is 27.7 Å². The number of rotatable bonds is 5. The molecule has 1 saturated heterocycles. The first kappa shape index (κ1) is 17.1. The second-order valence-corrected chi connectivity index (χ2v) is 8.70. The Morgan fingerprint density at radius 2 is 1.69 bits per heavy atom. The Hall–Kier alpha value is -2.34. The van der Waals surface area contributed by atoms with Crippen molar-refractivity contribution in [2.45, 2.75) is 30.6 Å². The van der Waals surface area contributed by atoms with Gasteiger partial charge in [0.05, 0.1) is 10.6 Å². The van der Waals surface area contributed by atoms with Crippen molar-refractivity contribution in [2.24, 2.45) is 0 Å². The van der Waals surface area contributed by atoms with Gasteiger partial charge in [-0.05, 0) is 48.6 Å². The highest BCUT2D eigenvalue weighted by Crippen LogP contribution is 2.32. The van der Waals surface area contributed by atoms with Crippen LogP contribution in [-0.4, -0.2) is 38.9 Å². The number of amides is 1. The average molecular weight is 370 g/mol. The van der Waals surface area contributed by atoms with Crippen molar-refractivity contribution < 1.29 is 13.2 Å². The molecular weight excluding hydrogens is 348 g/mol. The lowest BCUT2D eigenvalue weighted by molar-refractivity contribution is -0.127. The maximum absolute atomic E-state index is 13.0. The Morgan fingerprint density at radius 1 is 0.923 bits per heavy atom. The van der Waals surface area contributed by atoms with Crippen LogP contribution in [0.15, 0.2) is 53.4 Å². The first-order valence-corrected chi connectivity index (χ1v) is 10.5. The van der Waals surface area contributed by atoms with Gasteiger partial charge in [-0.3, -0.25) is 9.10 Å². The van der Waals surface area contributed by atoms with Gasteiger partial charge >= 0.3 is 0 Å². The molecule has 0 saturated carbocycles. The predicted octanol–water partition coefficient (Wildman–Crippen LogP) is 2.60. The molecule has 0 unspecified atom stereocenters. The number of carbonyl (C=O) groups is 1. The summed E-state index contributed by atoms with van der Waals surface area (Å²) in [5.41, 5.74) is 2.90. The van der Waals surface area contributed by atoms with E-state index < -0.39 is 10.0 Å². The van der Waals surface area contributed by atoms with Crippen molar-refractivity contribution in [1.29, 1.82) is 0 Å². The summed E-state index contributed by atoms with van der Waals surface area (Å²) >= 11 is 0. The summed E-state index contributed by atoms with van der Waals surface area (Å²) in [7, 11) is -3.54. The maximum atomic E-state index is 13.0. The fraction of sp³-hybridized carbons (Fsp3) is 0.350. The summed E-state index contributed by atoms with van der Waals surface area (Å²) in [5, 5.41) is 0. The van der Waals surface area contributed by atoms with Crippen LogP contribution < -0.4 is 4.31 Å². The van der Waals surface area contributed by atoms with Gasteiger partial charge in [0, 0.05) is 26.1 Å². The Bertz CT molecular complexity index is 922. The number of nitrogens with zero attached hydrogens (tertiary/aromatic N) is 2. The molecule has 5 nitrogen and oxygen atoms in total.